The highest BCUT2D eigenvalue weighted by atomic mass is 19.4. The van der Waals surface area contributed by atoms with E-state index < -0.39 is 12.0 Å². The highest BCUT2D eigenvalue weighted by molar-refractivity contribution is 5.79. The summed E-state index contributed by atoms with van der Waals surface area (Å²) >= 11 is 0. The Kier molecular flexibility index (Phi) is 5.88. The van der Waals surface area contributed by atoms with E-state index in [1.54, 1.807) is 23.4 Å². The van der Waals surface area contributed by atoms with E-state index in [1.165, 1.54) is 18.2 Å². The van der Waals surface area contributed by atoms with Gasteiger partial charge in [-0.05, 0) is 48.2 Å². The third kappa shape index (κ3) is 5.69. The first-order valence-corrected chi connectivity index (χ1v) is 8.96. The van der Waals surface area contributed by atoms with Crippen molar-refractivity contribution in [1.82, 2.24) is 9.88 Å². The SMILES string of the molecule is O=C(Cc1cccc(OC(F)(F)F)c1)N1CCC(O)(Cc2ccncc2)CC1. The monoisotopic (exact) mass is 394 g/mol. The van der Waals surface area contributed by atoms with Gasteiger partial charge >= 0.3 is 6.36 Å². The van der Waals surface area contributed by atoms with E-state index in [9.17, 15) is 23.1 Å². The molecular weight excluding hydrogens is 373 g/mol. The Morgan fingerprint density at radius 1 is 1.14 bits per heavy atom. The average molecular weight is 394 g/mol. The summed E-state index contributed by atoms with van der Waals surface area (Å²) < 4.78 is 40.9. The molecule has 3 rings (SSSR count). The molecule has 1 aliphatic heterocycles. The van der Waals surface area contributed by atoms with E-state index in [1.807, 2.05) is 12.1 Å². The van der Waals surface area contributed by atoms with Crippen molar-refractivity contribution in [2.45, 2.75) is 37.6 Å². The molecule has 5 nitrogen and oxygen atoms in total. The lowest BCUT2D eigenvalue weighted by Crippen LogP contribution is -2.48. The number of aliphatic hydroxyl groups is 1. The minimum atomic E-state index is -4.77. The molecule has 150 valence electrons. The Labute approximate surface area is 160 Å². The highest BCUT2D eigenvalue weighted by Gasteiger charge is 2.34. The average Bonchev–Trinajstić information content (AvgIpc) is 2.61. The van der Waals surface area contributed by atoms with Crippen molar-refractivity contribution >= 4 is 5.91 Å². The topological polar surface area (TPSA) is 62.7 Å². The number of likely N-dealkylation sites (tertiary alicyclic amines) is 1. The van der Waals surface area contributed by atoms with Gasteiger partial charge in [-0.2, -0.15) is 0 Å². The van der Waals surface area contributed by atoms with Gasteiger partial charge in [0.1, 0.15) is 5.75 Å². The zero-order chi connectivity index (χ0) is 20.2. The summed E-state index contributed by atoms with van der Waals surface area (Å²) in [6, 6.07) is 9.13. The number of hydrogen-bond donors (Lipinski definition) is 1. The van der Waals surface area contributed by atoms with Gasteiger partial charge in [-0.3, -0.25) is 9.78 Å². The van der Waals surface area contributed by atoms with Crippen LogP contribution in [0.1, 0.15) is 24.0 Å². The Balaban J connectivity index is 1.55. The van der Waals surface area contributed by atoms with Crippen LogP contribution < -0.4 is 4.74 Å². The number of halogens is 3. The summed E-state index contributed by atoms with van der Waals surface area (Å²) in [6.07, 6.45) is -0.0560. The summed E-state index contributed by atoms with van der Waals surface area (Å²) in [5.41, 5.74) is 0.557. The fourth-order valence-electron chi connectivity index (χ4n) is 3.37. The molecule has 1 N–H and O–H groups in total. The molecule has 0 bridgehead atoms. The standard InChI is InChI=1S/C20H21F3N2O3/c21-20(22,23)28-17-3-1-2-16(12-17)13-18(26)25-10-6-19(27,7-11-25)14-15-4-8-24-9-5-15/h1-5,8-9,12,27H,6-7,10-11,13-14H2. The van der Waals surface area contributed by atoms with Gasteiger partial charge in [0.05, 0.1) is 12.0 Å². The second-order valence-corrected chi connectivity index (χ2v) is 7.01. The molecule has 1 aliphatic rings. The molecule has 1 saturated heterocycles. The second kappa shape index (κ2) is 8.18. The Morgan fingerprint density at radius 2 is 1.82 bits per heavy atom. The zero-order valence-corrected chi connectivity index (χ0v) is 15.2. The number of benzene rings is 1. The fourth-order valence-corrected chi connectivity index (χ4v) is 3.37. The maximum Gasteiger partial charge on any atom is 0.573 e. The first-order valence-electron chi connectivity index (χ1n) is 8.96. The largest absolute Gasteiger partial charge is 0.573 e. The fraction of sp³-hybridized carbons (Fsp3) is 0.400. The summed E-state index contributed by atoms with van der Waals surface area (Å²) in [5, 5.41) is 10.8. The van der Waals surface area contributed by atoms with E-state index in [0.717, 1.165) is 5.56 Å². The lowest BCUT2D eigenvalue weighted by molar-refractivity contribution is -0.274. The van der Waals surface area contributed by atoms with Gasteiger partial charge in [0, 0.05) is 31.9 Å². The van der Waals surface area contributed by atoms with E-state index in [0.29, 0.717) is 37.9 Å². The molecule has 0 spiro atoms. The molecule has 0 unspecified atom stereocenters. The third-order valence-corrected chi connectivity index (χ3v) is 4.82. The van der Waals surface area contributed by atoms with Crippen molar-refractivity contribution in [2.24, 2.45) is 0 Å². The van der Waals surface area contributed by atoms with Crippen LogP contribution in [0.4, 0.5) is 13.2 Å². The molecule has 1 amide bonds. The van der Waals surface area contributed by atoms with E-state index in [2.05, 4.69) is 9.72 Å². The number of pyridine rings is 1. The number of rotatable bonds is 5. The molecule has 28 heavy (non-hydrogen) atoms. The number of piperidine rings is 1. The van der Waals surface area contributed by atoms with Gasteiger partial charge in [-0.25, -0.2) is 0 Å². The Bertz CT molecular complexity index is 804. The normalized spacial score (nSPS) is 16.6. The molecular formula is C20H21F3N2O3. The number of hydrogen-bond acceptors (Lipinski definition) is 4. The van der Waals surface area contributed by atoms with Crippen molar-refractivity contribution in [3.63, 3.8) is 0 Å². The van der Waals surface area contributed by atoms with Crippen LogP contribution in [0.15, 0.2) is 48.8 Å². The number of ether oxygens (including phenoxy) is 1. The molecule has 0 saturated carbocycles. The molecule has 0 atom stereocenters. The maximum atomic E-state index is 12.5. The van der Waals surface area contributed by atoms with Crippen LogP contribution in [-0.4, -0.2) is 46.0 Å². The number of carbonyl (C=O) groups is 1. The van der Waals surface area contributed by atoms with Crippen LogP contribution in [0.2, 0.25) is 0 Å². The number of amides is 1. The Morgan fingerprint density at radius 3 is 2.46 bits per heavy atom. The quantitative estimate of drug-likeness (QED) is 0.847. The van der Waals surface area contributed by atoms with Gasteiger partial charge < -0.3 is 14.7 Å². The van der Waals surface area contributed by atoms with Gasteiger partial charge in [-0.15, -0.1) is 13.2 Å². The van der Waals surface area contributed by atoms with Gasteiger partial charge in [-0.1, -0.05) is 12.1 Å². The van der Waals surface area contributed by atoms with E-state index in [-0.39, 0.29) is 18.1 Å². The predicted molar refractivity (Wildman–Crippen MR) is 95.5 cm³/mol. The second-order valence-electron chi connectivity index (χ2n) is 7.01. The first kappa shape index (κ1) is 20.1. The number of alkyl halides is 3. The van der Waals surface area contributed by atoms with Crippen molar-refractivity contribution in [1.29, 1.82) is 0 Å². The summed E-state index contributed by atoms with van der Waals surface area (Å²) in [6.45, 7) is 0.804. The van der Waals surface area contributed by atoms with Crippen molar-refractivity contribution in [3.8, 4) is 5.75 Å². The number of nitrogens with zero attached hydrogens (tertiary/aromatic N) is 2. The molecule has 1 fully saturated rings. The first-order chi connectivity index (χ1) is 13.2. The third-order valence-electron chi connectivity index (χ3n) is 4.82. The van der Waals surface area contributed by atoms with E-state index in [4.69, 9.17) is 0 Å². The molecule has 0 aliphatic carbocycles. The van der Waals surface area contributed by atoms with Crippen molar-refractivity contribution in [3.05, 3.63) is 59.9 Å². The molecule has 2 heterocycles. The van der Waals surface area contributed by atoms with Crippen LogP contribution in [-0.2, 0) is 17.6 Å². The minimum Gasteiger partial charge on any atom is -0.406 e. The maximum absolute atomic E-state index is 12.5. The zero-order valence-electron chi connectivity index (χ0n) is 15.2. The Hall–Kier alpha value is -2.61. The van der Waals surface area contributed by atoms with Crippen molar-refractivity contribution in [2.75, 3.05) is 13.1 Å². The van der Waals surface area contributed by atoms with Gasteiger partial charge in [0.2, 0.25) is 5.91 Å². The van der Waals surface area contributed by atoms with Crippen LogP contribution in [0.5, 0.6) is 5.75 Å². The van der Waals surface area contributed by atoms with Gasteiger partial charge in [0.25, 0.3) is 0 Å². The molecule has 1 aromatic carbocycles. The molecule has 1 aromatic heterocycles. The van der Waals surface area contributed by atoms with Crippen molar-refractivity contribution < 1.29 is 27.8 Å². The summed E-state index contributed by atoms with van der Waals surface area (Å²) in [7, 11) is 0. The van der Waals surface area contributed by atoms with Crippen LogP contribution >= 0.6 is 0 Å². The lowest BCUT2D eigenvalue weighted by atomic mass is 9.85. The smallest absolute Gasteiger partial charge is 0.406 e. The van der Waals surface area contributed by atoms with Crippen LogP contribution in [0.25, 0.3) is 0 Å². The van der Waals surface area contributed by atoms with Crippen LogP contribution in [0.3, 0.4) is 0 Å². The molecule has 8 heteroatoms. The highest BCUT2D eigenvalue weighted by Crippen LogP contribution is 2.27. The molecule has 0 radical (unpaired) electrons. The number of carbonyl (C=O) groups excluding carboxylic acids is 1. The summed E-state index contributed by atoms with van der Waals surface area (Å²) in [5.74, 6) is -0.529. The van der Waals surface area contributed by atoms with Gasteiger partial charge in [0.15, 0.2) is 0 Å². The molecule has 2 aromatic rings. The van der Waals surface area contributed by atoms with Crippen LogP contribution in [0, 0.1) is 0 Å². The predicted octanol–water partition coefficient (Wildman–Crippen LogP) is 3.12. The lowest BCUT2D eigenvalue weighted by Gasteiger charge is -2.38. The van der Waals surface area contributed by atoms with E-state index >= 15 is 0 Å². The minimum absolute atomic E-state index is 0.0160. The summed E-state index contributed by atoms with van der Waals surface area (Å²) in [4.78, 5) is 18.1. The number of aromatic nitrogens is 1.